The van der Waals surface area contributed by atoms with Gasteiger partial charge >= 0.3 is 6.18 Å². The Bertz CT molecular complexity index is 764. The molecular weight excluding hydrogens is 337 g/mol. The summed E-state index contributed by atoms with van der Waals surface area (Å²) in [5, 5.41) is 10.7. The van der Waals surface area contributed by atoms with Crippen molar-refractivity contribution < 1.29 is 22.5 Å². The molecule has 0 unspecified atom stereocenters. The van der Waals surface area contributed by atoms with Gasteiger partial charge in [0.15, 0.2) is 0 Å². The molecule has 2 aromatic heterocycles. The normalized spacial score (nSPS) is 17.6. The van der Waals surface area contributed by atoms with E-state index in [2.05, 4.69) is 15.6 Å². The first kappa shape index (κ1) is 17.5. The van der Waals surface area contributed by atoms with E-state index in [-0.39, 0.29) is 11.7 Å². The summed E-state index contributed by atoms with van der Waals surface area (Å²) >= 11 is 0. The highest BCUT2D eigenvalue weighted by Crippen LogP contribution is 2.30. The molecule has 1 amide bonds. The number of hydrogen-bond donors (Lipinski definition) is 1. The summed E-state index contributed by atoms with van der Waals surface area (Å²) in [4.78, 5) is 12.3. The van der Waals surface area contributed by atoms with Crippen molar-refractivity contribution in [2.24, 2.45) is 0 Å². The van der Waals surface area contributed by atoms with Crippen molar-refractivity contribution in [3.8, 4) is 0 Å². The van der Waals surface area contributed by atoms with Crippen molar-refractivity contribution in [1.82, 2.24) is 20.3 Å². The Morgan fingerprint density at radius 1 is 1.48 bits per heavy atom. The first-order chi connectivity index (χ1) is 11.7. The number of alkyl halides is 3. The summed E-state index contributed by atoms with van der Waals surface area (Å²) in [7, 11) is 0. The number of amides is 1. The molecule has 0 spiro atoms. The van der Waals surface area contributed by atoms with Gasteiger partial charge in [0.1, 0.15) is 6.54 Å². The number of hydrogen-bond acceptors (Lipinski definition) is 4. The van der Waals surface area contributed by atoms with Crippen molar-refractivity contribution in [2.75, 3.05) is 0 Å². The lowest BCUT2D eigenvalue weighted by atomic mass is 9.93. The third-order valence-corrected chi connectivity index (χ3v) is 4.13. The summed E-state index contributed by atoms with van der Waals surface area (Å²) in [5.41, 5.74) is 1.90. The van der Waals surface area contributed by atoms with Crippen molar-refractivity contribution in [3.63, 3.8) is 0 Å². The number of carbonyl (C=O) groups excluding carboxylic acids is 1. The Labute approximate surface area is 142 Å². The van der Waals surface area contributed by atoms with Crippen LogP contribution >= 0.6 is 0 Å². The van der Waals surface area contributed by atoms with Crippen LogP contribution in [0.2, 0.25) is 0 Å². The summed E-state index contributed by atoms with van der Waals surface area (Å²) in [6.45, 7) is 2.72. The second-order valence-electron chi connectivity index (χ2n) is 6.54. The first-order valence-electron chi connectivity index (χ1n) is 8.13. The number of fused-ring (bicyclic) bond motifs is 1. The number of nitrogens with zero attached hydrogens (tertiary/aromatic N) is 3. The van der Waals surface area contributed by atoms with Gasteiger partial charge in [0.2, 0.25) is 5.76 Å². The first-order valence-corrected chi connectivity index (χ1v) is 8.13. The predicted molar refractivity (Wildman–Crippen MR) is 82.0 cm³/mol. The fourth-order valence-corrected chi connectivity index (χ4v) is 2.90. The Morgan fingerprint density at radius 3 is 2.88 bits per heavy atom. The molecule has 136 valence electrons. The smallest absolute Gasteiger partial charge is 0.351 e. The van der Waals surface area contributed by atoms with E-state index in [1.165, 1.54) is 6.20 Å². The van der Waals surface area contributed by atoms with Gasteiger partial charge in [0.05, 0.1) is 17.4 Å². The molecule has 2 aromatic rings. The predicted octanol–water partition coefficient (Wildman–Crippen LogP) is 3.36. The standard InChI is InChI=1S/C16H19F3N4O2/c1-9(2)12-6-13(25-22-12)15(24)20-11-5-3-4-10-7-23(21-14(10)11)8-16(17,18)19/h6-7,9,11H,3-5,8H2,1-2H3,(H,20,24)/t11-/m1/s1. The molecule has 0 fully saturated rings. The molecular formula is C16H19F3N4O2. The van der Waals surface area contributed by atoms with Crippen LogP contribution in [0, 0.1) is 0 Å². The third-order valence-electron chi connectivity index (χ3n) is 4.13. The Hall–Kier alpha value is -2.32. The number of nitrogens with one attached hydrogen (secondary N) is 1. The van der Waals surface area contributed by atoms with Crippen molar-refractivity contribution in [3.05, 3.63) is 35.0 Å². The average molecular weight is 356 g/mol. The number of aryl methyl sites for hydroxylation is 1. The molecule has 6 nitrogen and oxygen atoms in total. The highest BCUT2D eigenvalue weighted by atomic mass is 19.4. The van der Waals surface area contributed by atoms with Crippen LogP contribution in [0.3, 0.4) is 0 Å². The number of halogens is 3. The lowest BCUT2D eigenvalue weighted by Crippen LogP contribution is -2.31. The van der Waals surface area contributed by atoms with E-state index >= 15 is 0 Å². The molecule has 9 heteroatoms. The lowest BCUT2D eigenvalue weighted by Gasteiger charge is -2.21. The molecule has 1 N–H and O–H groups in total. The van der Waals surface area contributed by atoms with Crippen LogP contribution in [0.1, 0.15) is 66.2 Å². The SMILES string of the molecule is CC(C)c1cc(C(=O)N[C@@H]2CCCc3cn(CC(F)(F)F)nc32)on1. The van der Waals surface area contributed by atoms with Crippen LogP contribution in [-0.2, 0) is 13.0 Å². The van der Waals surface area contributed by atoms with Gasteiger partial charge in [-0.2, -0.15) is 18.3 Å². The molecule has 2 heterocycles. The molecule has 0 saturated heterocycles. The minimum absolute atomic E-state index is 0.0885. The summed E-state index contributed by atoms with van der Waals surface area (Å²) < 4.78 is 43.6. The summed E-state index contributed by atoms with van der Waals surface area (Å²) in [6.07, 6.45) is -0.886. The van der Waals surface area contributed by atoms with E-state index in [1.54, 1.807) is 6.07 Å². The highest BCUT2D eigenvalue weighted by molar-refractivity contribution is 5.91. The lowest BCUT2D eigenvalue weighted by molar-refractivity contribution is -0.142. The van der Waals surface area contributed by atoms with Gasteiger partial charge in [-0.15, -0.1) is 0 Å². The third kappa shape index (κ3) is 4.02. The zero-order valence-electron chi connectivity index (χ0n) is 13.9. The molecule has 1 atom stereocenters. The zero-order valence-corrected chi connectivity index (χ0v) is 13.9. The van der Waals surface area contributed by atoms with E-state index < -0.39 is 24.7 Å². The second kappa shape index (κ2) is 6.53. The van der Waals surface area contributed by atoms with E-state index in [1.807, 2.05) is 13.8 Å². The van der Waals surface area contributed by atoms with Gasteiger partial charge in [-0.25, -0.2) is 0 Å². The van der Waals surface area contributed by atoms with Crippen molar-refractivity contribution in [2.45, 2.75) is 57.8 Å². The van der Waals surface area contributed by atoms with E-state index in [0.717, 1.165) is 16.7 Å². The average Bonchev–Trinajstić information content (AvgIpc) is 3.11. The van der Waals surface area contributed by atoms with Gasteiger partial charge in [0, 0.05) is 12.3 Å². The van der Waals surface area contributed by atoms with E-state index in [4.69, 9.17) is 4.52 Å². The quantitative estimate of drug-likeness (QED) is 0.912. The summed E-state index contributed by atoms with van der Waals surface area (Å²) in [6, 6.07) is 1.14. The zero-order chi connectivity index (χ0) is 18.2. The molecule has 0 radical (unpaired) electrons. The monoisotopic (exact) mass is 356 g/mol. The molecule has 0 saturated carbocycles. The molecule has 25 heavy (non-hydrogen) atoms. The molecule has 1 aliphatic rings. The fourth-order valence-electron chi connectivity index (χ4n) is 2.90. The Balaban J connectivity index is 1.75. The van der Waals surface area contributed by atoms with Crippen LogP contribution in [0.15, 0.2) is 16.8 Å². The van der Waals surface area contributed by atoms with Crippen LogP contribution in [-0.4, -0.2) is 27.0 Å². The van der Waals surface area contributed by atoms with Crippen LogP contribution < -0.4 is 5.32 Å². The largest absolute Gasteiger partial charge is 0.408 e. The minimum Gasteiger partial charge on any atom is -0.351 e. The number of carbonyl (C=O) groups is 1. The maximum Gasteiger partial charge on any atom is 0.408 e. The van der Waals surface area contributed by atoms with E-state index in [9.17, 15) is 18.0 Å². The summed E-state index contributed by atoms with van der Waals surface area (Å²) in [5.74, 6) is -0.224. The van der Waals surface area contributed by atoms with Gasteiger partial charge in [-0.1, -0.05) is 19.0 Å². The second-order valence-corrected chi connectivity index (χ2v) is 6.54. The fraction of sp³-hybridized carbons (Fsp3) is 0.562. The van der Waals surface area contributed by atoms with E-state index in [0.29, 0.717) is 24.2 Å². The van der Waals surface area contributed by atoms with Crippen LogP contribution in [0.4, 0.5) is 13.2 Å². The van der Waals surface area contributed by atoms with Gasteiger partial charge in [-0.3, -0.25) is 9.48 Å². The molecule has 0 aliphatic heterocycles. The highest BCUT2D eigenvalue weighted by Gasteiger charge is 2.31. The van der Waals surface area contributed by atoms with Crippen molar-refractivity contribution in [1.29, 1.82) is 0 Å². The molecule has 0 aromatic carbocycles. The Morgan fingerprint density at radius 2 is 2.24 bits per heavy atom. The van der Waals surface area contributed by atoms with Gasteiger partial charge in [0.25, 0.3) is 5.91 Å². The van der Waals surface area contributed by atoms with Crippen LogP contribution in [0.25, 0.3) is 0 Å². The maximum atomic E-state index is 12.6. The molecule has 0 bridgehead atoms. The molecule has 1 aliphatic carbocycles. The van der Waals surface area contributed by atoms with Crippen LogP contribution in [0.5, 0.6) is 0 Å². The Kier molecular flexibility index (Phi) is 4.57. The minimum atomic E-state index is -4.33. The topological polar surface area (TPSA) is 73.0 Å². The number of rotatable bonds is 4. The van der Waals surface area contributed by atoms with Crippen molar-refractivity contribution >= 4 is 5.91 Å². The van der Waals surface area contributed by atoms with Gasteiger partial charge < -0.3 is 9.84 Å². The maximum absolute atomic E-state index is 12.6. The number of aromatic nitrogens is 3. The van der Waals surface area contributed by atoms with Gasteiger partial charge in [-0.05, 0) is 30.7 Å². The molecule has 3 rings (SSSR count).